The predicted molar refractivity (Wildman–Crippen MR) is 85.5 cm³/mol. The number of halogens is 3. The first-order chi connectivity index (χ1) is 9.38. The molecule has 6 heteroatoms. The van der Waals surface area contributed by atoms with Gasteiger partial charge in [0.15, 0.2) is 0 Å². The van der Waals surface area contributed by atoms with E-state index in [0.717, 1.165) is 10.0 Å². The normalized spacial score (nSPS) is 12.2. The predicted octanol–water partition coefficient (Wildman–Crippen LogP) is 4.59. The zero-order valence-corrected chi connectivity index (χ0v) is 14.1. The third kappa shape index (κ3) is 3.37. The van der Waals surface area contributed by atoms with Gasteiger partial charge < -0.3 is 9.88 Å². The number of amides is 1. The van der Waals surface area contributed by atoms with E-state index in [9.17, 15) is 4.79 Å². The Bertz CT molecular complexity index is 655. The molecule has 0 fully saturated rings. The fraction of sp³-hybridized carbons (Fsp3) is 0.214. The van der Waals surface area contributed by atoms with Crippen molar-refractivity contribution in [1.29, 1.82) is 0 Å². The zero-order chi connectivity index (χ0) is 14.9. The average molecular weight is 376 g/mol. The molecule has 106 valence electrons. The summed E-state index contributed by atoms with van der Waals surface area (Å²) in [6.45, 7) is 1.90. The fourth-order valence-corrected chi connectivity index (χ4v) is 2.72. The minimum absolute atomic E-state index is 0.142. The van der Waals surface area contributed by atoms with Gasteiger partial charge in [0.05, 0.1) is 16.1 Å². The van der Waals surface area contributed by atoms with Gasteiger partial charge in [0.1, 0.15) is 5.69 Å². The lowest BCUT2D eigenvalue weighted by Gasteiger charge is -2.15. The number of hydrogen-bond donors (Lipinski definition) is 1. The molecule has 0 aliphatic heterocycles. The number of benzene rings is 1. The lowest BCUT2D eigenvalue weighted by Crippen LogP contribution is -2.28. The highest BCUT2D eigenvalue weighted by Gasteiger charge is 2.15. The van der Waals surface area contributed by atoms with Gasteiger partial charge in [-0.2, -0.15) is 0 Å². The van der Waals surface area contributed by atoms with Crippen molar-refractivity contribution in [3.05, 3.63) is 56.2 Å². The molecule has 0 spiro atoms. The van der Waals surface area contributed by atoms with Crippen molar-refractivity contribution in [3.8, 4) is 0 Å². The lowest BCUT2D eigenvalue weighted by atomic mass is 10.1. The van der Waals surface area contributed by atoms with E-state index in [2.05, 4.69) is 21.2 Å². The third-order valence-corrected chi connectivity index (χ3v) is 4.17. The van der Waals surface area contributed by atoms with E-state index in [1.54, 1.807) is 22.8 Å². The SMILES string of the molecule is CC(NC(=O)c1cc(Br)cn1C)c1ccc(Cl)c(Cl)c1. The van der Waals surface area contributed by atoms with Crippen molar-refractivity contribution in [3.63, 3.8) is 0 Å². The van der Waals surface area contributed by atoms with Crippen LogP contribution in [-0.2, 0) is 7.05 Å². The number of aromatic nitrogens is 1. The second-order valence-electron chi connectivity index (χ2n) is 4.52. The first-order valence-corrected chi connectivity index (χ1v) is 7.51. The summed E-state index contributed by atoms with van der Waals surface area (Å²) in [5.74, 6) is -0.142. The minimum atomic E-state index is -0.161. The molecule has 3 nitrogen and oxygen atoms in total. The molecule has 1 N–H and O–H groups in total. The molecular weight excluding hydrogens is 363 g/mol. The molecule has 0 aliphatic carbocycles. The van der Waals surface area contributed by atoms with E-state index < -0.39 is 0 Å². The molecule has 0 saturated carbocycles. The molecule has 0 radical (unpaired) electrons. The summed E-state index contributed by atoms with van der Waals surface area (Å²) in [6.07, 6.45) is 1.83. The largest absolute Gasteiger partial charge is 0.345 e. The molecule has 1 atom stereocenters. The van der Waals surface area contributed by atoms with Gasteiger partial charge in [0.2, 0.25) is 0 Å². The van der Waals surface area contributed by atoms with Crippen LogP contribution >= 0.6 is 39.1 Å². The molecular formula is C14H13BrCl2N2O. The second-order valence-corrected chi connectivity index (χ2v) is 6.25. The third-order valence-electron chi connectivity index (χ3n) is 3.00. The van der Waals surface area contributed by atoms with Gasteiger partial charge >= 0.3 is 0 Å². The summed E-state index contributed by atoms with van der Waals surface area (Å²) in [4.78, 5) is 12.2. The van der Waals surface area contributed by atoms with Crippen LogP contribution in [-0.4, -0.2) is 10.5 Å². The number of nitrogens with zero attached hydrogens (tertiary/aromatic N) is 1. The van der Waals surface area contributed by atoms with E-state index in [4.69, 9.17) is 23.2 Å². The average Bonchev–Trinajstić information content (AvgIpc) is 2.71. The Kier molecular flexibility index (Phi) is 4.78. The number of nitrogens with one attached hydrogen (secondary N) is 1. The Morgan fingerprint density at radius 1 is 1.30 bits per heavy atom. The number of carbonyl (C=O) groups is 1. The number of carbonyl (C=O) groups excluding carboxylic acids is 1. The van der Waals surface area contributed by atoms with Crippen molar-refractivity contribution in [2.45, 2.75) is 13.0 Å². The fourth-order valence-electron chi connectivity index (χ4n) is 1.89. The van der Waals surface area contributed by atoms with Crippen LogP contribution in [0.15, 0.2) is 34.9 Å². The number of aryl methyl sites for hydroxylation is 1. The highest BCUT2D eigenvalue weighted by molar-refractivity contribution is 9.10. The van der Waals surface area contributed by atoms with Gasteiger partial charge in [-0.15, -0.1) is 0 Å². The summed E-state index contributed by atoms with van der Waals surface area (Å²) < 4.78 is 2.63. The Morgan fingerprint density at radius 2 is 2.00 bits per heavy atom. The Hall–Kier alpha value is -0.970. The standard InChI is InChI=1S/C14H13BrCl2N2O/c1-8(9-3-4-11(16)12(17)5-9)18-14(20)13-6-10(15)7-19(13)2/h3-8H,1-2H3,(H,18,20). The van der Waals surface area contributed by atoms with Crippen LogP contribution in [0.2, 0.25) is 10.0 Å². The Morgan fingerprint density at radius 3 is 2.55 bits per heavy atom. The summed E-state index contributed by atoms with van der Waals surface area (Å²) >= 11 is 15.2. The van der Waals surface area contributed by atoms with Crippen LogP contribution in [0.5, 0.6) is 0 Å². The van der Waals surface area contributed by atoms with Gasteiger partial charge in [-0.3, -0.25) is 4.79 Å². The van der Waals surface area contributed by atoms with Crippen molar-refractivity contribution in [2.24, 2.45) is 7.05 Å². The van der Waals surface area contributed by atoms with Crippen LogP contribution in [0, 0.1) is 0 Å². The van der Waals surface area contributed by atoms with Crippen molar-refractivity contribution in [2.75, 3.05) is 0 Å². The van der Waals surface area contributed by atoms with Crippen LogP contribution in [0.3, 0.4) is 0 Å². The maximum absolute atomic E-state index is 12.2. The van der Waals surface area contributed by atoms with Gasteiger partial charge in [-0.25, -0.2) is 0 Å². The number of rotatable bonds is 3. The molecule has 2 aromatic rings. The molecule has 0 aliphatic rings. The number of hydrogen-bond acceptors (Lipinski definition) is 1. The molecule has 1 unspecified atom stereocenters. The summed E-state index contributed by atoms with van der Waals surface area (Å²) in [5, 5.41) is 3.91. The highest BCUT2D eigenvalue weighted by Crippen LogP contribution is 2.25. The van der Waals surface area contributed by atoms with Crippen molar-refractivity contribution >= 4 is 45.0 Å². The maximum Gasteiger partial charge on any atom is 0.268 e. The first-order valence-electron chi connectivity index (χ1n) is 5.96. The molecule has 1 amide bonds. The monoisotopic (exact) mass is 374 g/mol. The Labute approximate surface area is 136 Å². The minimum Gasteiger partial charge on any atom is -0.345 e. The van der Waals surface area contributed by atoms with E-state index >= 15 is 0 Å². The van der Waals surface area contributed by atoms with E-state index in [-0.39, 0.29) is 11.9 Å². The molecule has 20 heavy (non-hydrogen) atoms. The summed E-state index contributed by atoms with van der Waals surface area (Å²) in [5.41, 5.74) is 1.49. The van der Waals surface area contributed by atoms with Crippen molar-refractivity contribution < 1.29 is 4.79 Å². The molecule has 0 bridgehead atoms. The van der Waals surface area contributed by atoms with Gasteiger partial charge in [-0.1, -0.05) is 29.3 Å². The molecule has 1 heterocycles. The van der Waals surface area contributed by atoms with Gasteiger partial charge in [0.25, 0.3) is 5.91 Å². The Balaban J connectivity index is 2.14. The van der Waals surface area contributed by atoms with Crippen LogP contribution in [0.1, 0.15) is 29.0 Å². The van der Waals surface area contributed by atoms with E-state index in [1.807, 2.05) is 26.2 Å². The van der Waals surface area contributed by atoms with Crippen LogP contribution < -0.4 is 5.32 Å². The van der Waals surface area contributed by atoms with Gasteiger partial charge in [0, 0.05) is 17.7 Å². The maximum atomic E-state index is 12.2. The second kappa shape index (κ2) is 6.20. The van der Waals surface area contributed by atoms with Gasteiger partial charge in [-0.05, 0) is 46.6 Å². The first kappa shape index (κ1) is 15.4. The molecule has 1 aromatic carbocycles. The molecule has 1 aromatic heterocycles. The van der Waals surface area contributed by atoms with Crippen molar-refractivity contribution in [1.82, 2.24) is 9.88 Å². The smallest absolute Gasteiger partial charge is 0.268 e. The topological polar surface area (TPSA) is 34.0 Å². The molecule has 0 saturated heterocycles. The van der Waals surface area contributed by atoms with E-state index in [0.29, 0.717) is 15.7 Å². The quantitative estimate of drug-likeness (QED) is 0.836. The molecule has 2 rings (SSSR count). The summed E-state index contributed by atoms with van der Waals surface area (Å²) in [7, 11) is 1.82. The van der Waals surface area contributed by atoms with Crippen LogP contribution in [0.4, 0.5) is 0 Å². The lowest BCUT2D eigenvalue weighted by molar-refractivity contribution is 0.0931. The van der Waals surface area contributed by atoms with Crippen LogP contribution in [0.25, 0.3) is 0 Å². The summed E-state index contributed by atoms with van der Waals surface area (Å²) in [6, 6.07) is 6.94. The van der Waals surface area contributed by atoms with E-state index in [1.165, 1.54) is 0 Å². The highest BCUT2D eigenvalue weighted by atomic mass is 79.9. The zero-order valence-electron chi connectivity index (χ0n) is 11.0.